The van der Waals surface area contributed by atoms with E-state index >= 15 is 0 Å². The fraction of sp³-hybridized carbons (Fsp3) is 0.348. The Hall–Kier alpha value is -2.66. The first kappa shape index (κ1) is 17.4. The number of nitrogens with one attached hydrogen (secondary N) is 1. The van der Waals surface area contributed by atoms with E-state index in [1.54, 1.807) is 12.1 Å². The molecule has 2 aromatic carbocycles. The Morgan fingerprint density at radius 3 is 2.75 bits per heavy atom. The molecule has 0 bridgehead atoms. The predicted octanol–water partition coefficient (Wildman–Crippen LogP) is 4.53. The van der Waals surface area contributed by atoms with Crippen LogP contribution >= 0.6 is 0 Å². The predicted molar refractivity (Wildman–Crippen MR) is 107 cm³/mol. The van der Waals surface area contributed by atoms with Gasteiger partial charge in [-0.2, -0.15) is 0 Å². The molecule has 3 aromatic rings. The second-order valence-corrected chi connectivity index (χ2v) is 7.78. The normalized spacial score (nSPS) is 17.5. The Labute approximate surface area is 164 Å². The van der Waals surface area contributed by atoms with Gasteiger partial charge in [-0.25, -0.2) is 9.37 Å². The van der Waals surface area contributed by atoms with E-state index in [4.69, 9.17) is 4.74 Å². The van der Waals surface area contributed by atoms with E-state index in [1.165, 1.54) is 11.1 Å². The van der Waals surface area contributed by atoms with E-state index in [1.807, 2.05) is 24.4 Å². The maximum absolute atomic E-state index is 13.1. The first-order valence-corrected chi connectivity index (χ1v) is 10.0. The number of rotatable bonds is 4. The van der Waals surface area contributed by atoms with Gasteiger partial charge in [0.05, 0.1) is 6.61 Å². The van der Waals surface area contributed by atoms with Crippen molar-refractivity contribution < 1.29 is 9.13 Å². The van der Waals surface area contributed by atoms with Gasteiger partial charge >= 0.3 is 0 Å². The van der Waals surface area contributed by atoms with Crippen molar-refractivity contribution >= 4 is 0 Å². The van der Waals surface area contributed by atoms with Crippen LogP contribution in [0.3, 0.4) is 0 Å². The Bertz CT molecular complexity index is 958. The third kappa shape index (κ3) is 3.54. The summed E-state index contributed by atoms with van der Waals surface area (Å²) in [5, 5.41) is 0. The molecule has 0 amide bonds. The largest absolute Gasteiger partial charge is 0.493 e. The lowest BCUT2D eigenvalue weighted by Gasteiger charge is -2.31. The molecule has 1 N–H and O–H groups in total. The summed E-state index contributed by atoms with van der Waals surface area (Å²) >= 11 is 0. The topological polar surface area (TPSA) is 41.2 Å². The summed E-state index contributed by atoms with van der Waals surface area (Å²) in [6, 6.07) is 13.3. The standard InChI is InChI=1S/C23H24FN3O/c24-20-4-1-16(2-5-20)17-7-10-27(11-8-17)15-21-14-25-23(26-21)19-3-6-22-18(13-19)9-12-28-22/h1-6,13-14,17H,7-12,15H2,(H,25,26). The lowest BCUT2D eigenvalue weighted by molar-refractivity contribution is 0.203. The molecule has 0 atom stereocenters. The molecule has 0 saturated carbocycles. The van der Waals surface area contributed by atoms with Crippen molar-refractivity contribution in [3.8, 4) is 17.1 Å². The van der Waals surface area contributed by atoms with Crippen molar-refractivity contribution in [1.29, 1.82) is 0 Å². The average molecular weight is 377 g/mol. The molecule has 2 aliphatic rings. The molecule has 3 heterocycles. The van der Waals surface area contributed by atoms with Gasteiger partial charge < -0.3 is 9.72 Å². The molecule has 28 heavy (non-hydrogen) atoms. The second kappa shape index (κ2) is 7.40. The van der Waals surface area contributed by atoms with E-state index < -0.39 is 0 Å². The highest BCUT2D eigenvalue weighted by Crippen LogP contribution is 2.30. The Kier molecular flexibility index (Phi) is 4.61. The van der Waals surface area contributed by atoms with Gasteiger partial charge in [0.15, 0.2) is 0 Å². The SMILES string of the molecule is Fc1ccc(C2CCN(Cc3cnc(-c4ccc5c(c4)CCO5)[nH]3)CC2)cc1. The average Bonchev–Trinajstić information content (AvgIpc) is 3.38. The van der Waals surface area contributed by atoms with Crippen LogP contribution in [0.15, 0.2) is 48.7 Å². The number of aromatic amines is 1. The molecule has 1 fully saturated rings. The Balaban J connectivity index is 1.20. The number of aromatic nitrogens is 2. The molecule has 144 valence electrons. The van der Waals surface area contributed by atoms with Gasteiger partial charge in [-0.05, 0) is 73.3 Å². The number of piperidine rings is 1. The van der Waals surface area contributed by atoms with Gasteiger partial charge in [-0.1, -0.05) is 12.1 Å². The van der Waals surface area contributed by atoms with Crippen LogP contribution < -0.4 is 4.74 Å². The molecule has 0 spiro atoms. The monoisotopic (exact) mass is 377 g/mol. The molecule has 4 nitrogen and oxygen atoms in total. The summed E-state index contributed by atoms with van der Waals surface area (Å²) in [6.07, 6.45) is 5.14. The maximum atomic E-state index is 13.1. The van der Waals surface area contributed by atoms with Crippen LogP contribution in [0.1, 0.15) is 35.6 Å². The van der Waals surface area contributed by atoms with E-state index in [0.717, 1.165) is 68.3 Å². The smallest absolute Gasteiger partial charge is 0.137 e. The van der Waals surface area contributed by atoms with Gasteiger partial charge in [0, 0.05) is 30.4 Å². The van der Waals surface area contributed by atoms with Crippen molar-refractivity contribution in [2.45, 2.75) is 31.7 Å². The second-order valence-electron chi connectivity index (χ2n) is 7.78. The molecular formula is C23H24FN3O. The molecule has 2 aliphatic heterocycles. The molecule has 1 saturated heterocycles. The number of hydrogen-bond donors (Lipinski definition) is 1. The lowest BCUT2D eigenvalue weighted by Crippen LogP contribution is -2.32. The van der Waals surface area contributed by atoms with Crippen LogP contribution in [0.5, 0.6) is 5.75 Å². The zero-order chi connectivity index (χ0) is 18.9. The third-order valence-electron chi connectivity index (χ3n) is 5.91. The number of imidazole rings is 1. The molecule has 0 radical (unpaired) electrons. The Morgan fingerprint density at radius 2 is 1.93 bits per heavy atom. The number of H-pyrrole nitrogens is 1. The molecule has 5 rings (SSSR count). The highest BCUT2D eigenvalue weighted by atomic mass is 19.1. The summed E-state index contributed by atoms with van der Waals surface area (Å²) in [5.41, 5.74) is 4.78. The van der Waals surface area contributed by atoms with Crippen molar-refractivity contribution in [2.24, 2.45) is 0 Å². The number of ether oxygens (including phenoxy) is 1. The summed E-state index contributed by atoms with van der Waals surface area (Å²) in [4.78, 5) is 10.5. The van der Waals surface area contributed by atoms with Gasteiger partial charge in [-0.3, -0.25) is 4.90 Å². The van der Waals surface area contributed by atoms with Crippen LogP contribution in [0, 0.1) is 5.82 Å². The minimum absolute atomic E-state index is 0.160. The summed E-state index contributed by atoms with van der Waals surface area (Å²) in [6.45, 7) is 3.76. The maximum Gasteiger partial charge on any atom is 0.137 e. The van der Waals surface area contributed by atoms with Crippen molar-refractivity contribution in [3.05, 3.63) is 71.3 Å². The number of likely N-dealkylation sites (tertiary alicyclic amines) is 1. The van der Waals surface area contributed by atoms with Crippen LogP contribution in [-0.2, 0) is 13.0 Å². The molecule has 1 aromatic heterocycles. The number of benzene rings is 2. The van der Waals surface area contributed by atoms with Gasteiger partial charge in [0.1, 0.15) is 17.4 Å². The van der Waals surface area contributed by atoms with Gasteiger partial charge in [0.2, 0.25) is 0 Å². The molecule has 0 unspecified atom stereocenters. The fourth-order valence-corrected chi connectivity index (χ4v) is 4.32. The molecular weight excluding hydrogens is 353 g/mol. The minimum Gasteiger partial charge on any atom is -0.493 e. The van der Waals surface area contributed by atoms with Gasteiger partial charge in [-0.15, -0.1) is 0 Å². The quantitative estimate of drug-likeness (QED) is 0.726. The van der Waals surface area contributed by atoms with E-state index in [9.17, 15) is 4.39 Å². The third-order valence-corrected chi connectivity index (χ3v) is 5.91. The first-order valence-electron chi connectivity index (χ1n) is 10.0. The zero-order valence-electron chi connectivity index (χ0n) is 15.8. The van der Waals surface area contributed by atoms with Gasteiger partial charge in [0.25, 0.3) is 0 Å². The van der Waals surface area contributed by atoms with Crippen LogP contribution in [0.4, 0.5) is 4.39 Å². The number of fused-ring (bicyclic) bond motifs is 1. The molecule has 0 aliphatic carbocycles. The number of hydrogen-bond acceptors (Lipinski definition) is 3. The Morgan fingerprint density at radius 1 is 1.11 bits per heavy atom. The van der Waals surface area contributed by atoms with Crippen molar-refractivity contribution in [1.82, 2.24) is 14.9 Å². The number of nitrogens with zero attached hydrogens (tertiary/aromatic N) is 2. The van der Waals surface area contributed by atoms with Crippen molar-refractivity contribution in [2.75, 3.05) is 19.7 Å². The number of halogens is 1. The summed E-state index contributed by atoms with van der Waals surface area (Å²) < 4.78 is 18.7. The van der Waals surface area contributed by atoms with Crippen LogP contribution in [0.2, 0.25) is 0 Å². The van der Waals surface area contributed by atoms with Crippen LogP contribution in [-0.4, -0.2) is 34.6 Å². The summed E-state index contributed by atoms with van der Waals surface area (Å²) in [5.74, 6) is 2.29. The summed E-state index contributed by atoms with van der Waals surface area (Å²) in [7, 11) is 0. The lowest BCUT2D eigenvalue weighted by atomic mass is 9.89. The van der Waals surface area contributed by atoms with E-state index in [2.05, 4.69) is 27.0 Å². The zero-order valence-corrected chi connectivity index (χ0v) is 15.8. The highest BCUT2D eigenvalue weighted by Gasteiger charge is 2.21. The van der Waals surface area contributed by atoms with Crippen molar-refractivity contribution in [3.63, 3.8) is 0 Å². The van der Waals surface area contributed by atoms with E-state index in [-0.39, 0.29) is 5.82 Å². The fourth-order valence-electron chi connectivity index (χ4n) is 4.32. The first-order chi connectivity index (χ1) is 13.7. The highest BCUT2D eigenvalue weighted by molar-refractivity contribution is 5.59. The van der Waals surface area contributed by atoms with E-state index in [0.29, 0.717) is 5.92 Å². The molecule has 5 heteroatoms. The van der Waals surface area contributed by atoms with Crippen LogP contribution in [0.25, 0.3) is 11.4 Å². The minimum atomic E-state index is -0.160.